The fourth-order valence-corrected chi connectivity index (χ4v) is 4.03. The lowest BCUT2D eigenvalue weighted by Gasteiger charge is -2.07. The molecule has 0 bridgehead atoms. The van der Waals surface area contributed by atoms with Crippen molar-refractivity contribution in [1.82, 2.24) is 10.3 Å². The highest BCUT2D eigenvalue weighted by atomic mass is 32.2. The molecule has 0 unspecified atom stereocenters. The summed E-state index contributed by atoms with van der Waals surface area (Å²) in [5.41, 5.74) is 3.11. The normalized spacial score (nSPS) is 10.4. The van der Waals surface area contributed by atoms with Crippen molar-refractivity contribution < 1.29 is 9.59 Å². The van der Waals surface area contributed by atoms with Crippen LogP contribution in [-0.2, 0) is 4.79 Å². The first-order valence-electron chi connectivity index (χ1n) is 8.47. The van der Waals surface area contributed by atoms with Gasteiger partial charge in [-0.05, 0) is 25.1 Å². The number of thioether (sulfide) groups is 1. The smallest absolute Gasteiger partial charge is 0.251 e. The van der Waals surface area contributed by atoms with E-state index in [0.717, 1.165) is 15.6 Å². The Labute approximate surface area is 166 Å². The predicted octanol–water partition coefficient (Wildman–Crippen LogP) is 4.29. The highest BCUT2D eigenvalue weighted by Gasteiger charge is 2.10. The lowest BCUT2D eigenvalue weighted by atomic mass is 10.2. The number of anilines is 1. The standard InChI is InChI=1S/C20H19N3O2S2/c1-2-21-19(25)15-9-6-10-16(11-15)22-18(24)13-27-20-23-17(12-26-20)14-7-4-3-5-8-14/h3-12H,2,13H2,1H3,(H,21,25)(H,22,24). The number of carbonyl (C=O) groups is 2. The summed E-state index contributed by atoms with van der Waals surface area (Å²) < 4.78 is 0.847. The zero-order chi connectivity index (χ0) is 19.1. The summed E-state index contributed by atoms with van der Waals surface area (Å²) in [6.45, 7) is 2.42. The molecule has 5 nitrogen and oxygen atoms in total. The summed E-state index contributed by atoms with van der Waals surface area (Å²) in [5.74, 6) is -0.0312. The largest absolute Gasteiger partial charge is 0.352 e. The third-order valence-corrected chi connectivity index (χ3v) is 5.65. The average Bonchev–Trinajstić information content (AvgIpc) is 3.17. The van der Waals surface area contributed by atoms with E-state index in [-0.39, 0.29) is 17.6 Å². The summed E-state index contributed by atoms with van der Waals surface area (Å²) >= 11 is 2.92. The van der Waals surface area contributed by atoms with Crippen LogP contribution in [-0.4, -0.2) is 29.1 Å². The second-order valence-corrected chi connectivity index (χ2v) is 7.72. The second kappa shape index (κ2) is 9.34. The van der Waals surface area contributed by atoms with Crippen molar-refractivity contribution in [1.29, 1.82) is 0 Å². The molecule has 0 spiro atoms. The van der Waals surface area contributed by atoms with E-state index in [1.807, 2.05) is 42.6 Å². The third-order valence-electron chi connectivity index (χ3n) is 3.63. The fourth-order valence-electron chi connectivity index (χ4n) is 2.39. The van der Waals surface area contributed by atoms with Gasteiger partial charge in [-0.15, -0.1) is 11.3 Å². The summed E-state index contributed by atoms with van der Waals surface area (Å²) in [6, 6.07) is 16.9. The van der Waals surface area contributed by atoms with Crippen molar-refractivity contribution in [3.63, 3.8) is 0 Å². The zero-order valence-electron chi connectivity index (χ0n) is 14.8. The van der Waals surface area contributed by atoms with Crippen LogP contribution >= 0.6 is 23.1 Å². The van der Waals surface area contributed by atoms with Gasteiger partial charge in [0.25, 0.3) is 5.91 Å². The monoisotopic (exact) mass is 397 g/mol. The van der Waals surface area contributed by atoms with Crippen LogP contribution in [0.3, 0.4) is 0 Å². The van der Waals surface area contributed by atoms with Crippen molar-refractivity contribution in [2.45, 2.75) is 11.3 Å². The van der Waals surface area contributed by atoms with E-state index in [4.69, 9.17) is 0 Å². The molecule has 0 aliphatic carbocycles. The molecule has 27 heavy (non-hydrogen) atoms. The van der Waals surface area contributed by atoms with Crippen LogP contribution in [0.4, 0.5) is 5.69 Å². The van der Waals surface area contributed by atoms with Gasteiger partial charge in [-0.2, -0.15) is 0 Å². The van der Waals surface area contributed by atoms with Gasteiger partial charge in [-0.25, -0.2) is 4.98 Å². The van der Waals surface area contributed by atoms with Gasteiger partial charge in [0.05, 0.1) is 11.4 Å². The summed E-state index contributed by atoms with van der Waals surface area (Å²) in [4.78, 5) is 28.7. The molecule has 0 aliphatic heterocycles. The summed E-state index contributed by atoms with van der Waals surface area (Å²) in [7, 11) is 0. The molecule has 1 heterocycles. The average molecular weight is 398 g/mol. The van der Waals surface area contributed by atoms with Crippen LogP contribution in [0.1, 0.15) is 17.3 Å². The predicted molar refractivity (Wildman–Crippen MR) is 111 cm³/mol. The van der Waals surface area contributed by atoms with Crippen LogP contribution in [0.15, 0.2) is 64.3 Å². The molecule has 7 heteroatoms. The molecule has 0 saturated heterocycles. The Morgan fingerprint density at radius 1 is 1.11 bits per heavy atom. The maximum absolute atomic E-state index is 12.2. The third kappa shape index (κ3) is 5.42. The van der Waals surface area contributed by atoms with Crippen molar-refractivity contribution >= 4 is 40.6 Å². The van der Waals surface area contributed by atoms with E-state index in [9.17, 15) is 9.59 Å². The molecule has 3 aromatic rings. The van der Waals surface area contributed by atoms with Gasteiger partial charge >= 0.3 is 0 Å². The van der Waals surface area contributed by atoms with Gasteiger partial charge in [0.15, 0.2) is 4.34 Å². The number of hydrogen-bond donors (Lipinski definition) is 2. The number of benzene rings is 2. The van der Waals surface area contributed by atoms with E-state index in [2.05, 4.69) is 15.6 Å². The van der Waals surface area contributed by atoms with Gasteiger partial charge < -0.3 is 10.6 Å². The number of hydrogen-bond acceptors (Lipinski definition) is 5. The molecule has 1 aromatic heterocycles. The summed E-state index contributed by atoms with van der Waals surface area (Å²) in [5, 5.41) is 7.56. The Morgan fingerprint density at radius 2 is 1.93 bits per heavy atom. The molecule has 138 valence electrons. The molecule has 2 aromatic carbocycles. The minimum absolute atomic E-state index is 0.135. The van der Waals surface area contributed by atoms with Gasteiger partial charge in [0.2, 0.25) is 5.91 Å². The Bertz CT molecular complexity index is 926. The maximum atomic E-state index is 12.2. The topological polar surface area (TPSA) is 71.1 Å². The summed E-state index contributed by atoms with van der Waals surface area (Å²) in [6.07, 6.45) is 0. The van der Waals surface area contributed by atoms with Crippen LogP contribution in [0.5, 0.6) is 0 Å². The molecule has 0 radical (unpaired) electrons. The number of thiazole rings is 1. The lowest BCUT2D eigenvalue weighted by Crippen LogP contribution is -2.23. The van der Waals surface area contributed by atoms with Crippen molar-refractivity contribution in [3.8, 4) is 11.3 Å². The maximum Gasteiger partial charge on any atom is 0.251 e. The Morgan fingerprint density at radius 3 is 2.70 bits per heavy atom. The first-order valence-corrected chi connectivity index (χ1v) is 10.3. The van der Waals surface area contributed by atoms with E-state index in [1.54, 1.807) is 24.3 Å². The Balaban J connectivity index is 1.55. The molecule has 0 atom stereocenters. The molecule has 2 N–H and O–H groups in total. The van der Waals surface area contributed by atoms with Gasteiger partial charge in [-0.3, -0.25) is 9.59 Å². The first-order chi connectivity index (χ1) is 13.2. The lowest BCUT2D eigenvalue weighted by molar-refractivity contribution is -0.113. The second-order valence-electron chi connectivity index (χ2n) is 5.64. The minimum Gasteiger partial charge on any atom is -0.352 e. The van der Waals surface area contributed by atoms with Crippen LogP contribution < -0.4 is 10.6 Å². The number of carbonyl (C=O) groups excluding carboxylic acids is 2. The quantitative estimate of drug-likeness (QED) is 0.584. The number of nitrogens with zero attached hydrogens (tertiary/aromatic N) is 1. The molecular formula is C20H19N3O2S2. The van der Waals surface area contributed by atoms with Gasteiger partial charge in [0.1, 0.15) is 0 Å². The highest BCUT2D eigenvalue weighted by Crippen LogP contribution is 2.28. The van der Waals surface area contributed by atoms with Crippen LogP contribution in [0, 0.1) is 0 Å². The number of nitrogens with one attached hydrogen (secondary N) is 2. The molecule has 3 rings (SSSR count). The number of rotatable bonds is 7. The van der Waals surface area contributed by atoms with E-state index < -0.39 is 0 Å². The van der Waals surface area contributed by atoms with E-state index in [1.165, 1.54) is 23.1 Å². The Kier molecular flexibility index (Phi) is 6.62. The molecular weight excluding hydrogens is 378 g/mol. The SMILES string of the molecule is CCNC(=O)c1cccc(NC(=O)CSc2nc(-c3ccccc3)cs2)c1. The Hall–Kier alpha value is -2.64. The van der Waals surface area contributed by atoms with Gasteiger partial charge in [0, 0.05) is 28.7 Å². The minimum atomic E-state index is -0.154. The van der Waals surface area contributed by atoms with E-state index >= 15 is 0 Å². The van der Waals surface area contributed by atoms with Crippen molar-refractivity contribution in [2.75, 3.05) is 17.6 Å². The first kappa shape index (κ1) is 19.1. The van der Waals surface area contributed by atoms with E-state index in [0.29, 0.717) is 17.8 Å². The highest BCUT2D eigenvalue weighted by molar-refractivity contribution is 8.01. The number of amides is 2. The van der Waals surface area contributed by atoms with Crippen molar-refractivity contribution in [2.24, 2.45) is 0 Å². The molecule has 0 saturated carbocycles. The van der Waals surface area contributed by atoms with Crippen molar-refractivity contribution in [3.05, 3.63) is 65.5 Å². The molecule has 0 fully saturated rings. The zero-order valence-corrected chi connectivity index (χ0v) is 16.4. The molecule has 0 aliphatic rings. The molecule has 2 amide bonds. The number of aromatic nitrogens is 1. The van der Waals surface area contributed by atoms with Crippen LogP contribution in [0.2, 0.25) is 0 Å². The van der Waals surface area contributed by atoms with Gasteiger partial charge in [-0.1, -0.05) is 48.2 Å². The fraction of sp³-hybridized carbons (Fsp3) is 0.150. The van der Waals surface area contributed by atoms with Crippen LogP contribution in [0.25, 0.3) is 11.3 Å².